The molecule has 72 valence electrons. The molecule has 0 aliphatic rings. The smallest absolute Gasteiger partial charge is 0.346 e. The van der Waals surface area contributed by atoms with E-state index >= 15 is 0 Å². The Labute approximate surface area is 84.5 Å². The van der Waals surface area contributed by atoms with Crippen molar-refractivity contribution in [3.63, 3.8) is 0 Å². The number of thiophene rings is 1. The van der Waals surface area contributed by atoms with Gasteiger partial charge in [0.05, 0.1) is 0 Å². The third-order valence-corrected chi connectivity index (χ3v) is 2.82. The highest BCUT2D eigenvalue weighted by Gasteiger charge is 2.15. The summed E-state index contributed by atoms with van der Waals surface area (Å²) in [5.41, 5.74) is 0.676. The Morgan fingerprint density at radius 2 is 2.43 bits per heavy atom. The molecule has 2 heterocycles. The van der Waals surface area contributed by atoms with Crippen LogP contribution >= 0.6 is 11.3 Å². The summed E-state index contributed by atoms with van der Waals surface area (Å²) in [6.07, 6.45) is 3.44. The lowest BCUT2D eigenvalue weighted by molar-refractivity contribution is 0.0703. The molecule has 0 aliphatic carbocycles. The monoisotopic (exact) mass is 208 g/mol. The summed E-state index contributed by atoms with van der Waals surface area (Å²) in [6, 6.07) is 1.77. The first-order chi connectivity index (χ1) is 6.70. The molecule has 0 atom stereocenters. The zero-order chi connectivity index (χ0) is 10.1. The van der Waals surface area contributed by atoms with Crippen molar-refractivity contribution in [2.24, 2.45) is 7.05 Å². The maximum atomic E-state index is 10.9. The van der Waals surface area contributed by atoms with Gasteiger partial charge in [-0.15, -0.1) is 11.3 Å². The molecule has 0 amide bonds. The summed E-state index contributed by atoms with van der Waals surface area (Å²) in [5.74, 6) is -0.221. The summed E-state index contributed by atoms with van der Waals surface area (Å²) in [6.45, 7) is 0. The van der Waals surface area contributed by atoms with Gasteiger partial charge in [-0.2, -0.15) is 0 Å². The van der Waals surface area contributed by atoms with Crippen LogP contribution in [-0.4, -0.2) is 20.6 Å². The fraction of sp³-hybridized carbons (Fsp3) is 0.111. The molecule has 0 radical (unpaired) electrons. The van der Waals surface area contributed by atoms with Crippen LogP contribution in [0.3, 0.4) is 0 Å². The van der Waals surface area contributed by atoms with Crippen LogP contribution in [0.15, 0.2) is 23.8 Å². The fourth-order valence-corrected chi connectivity index (χ4v) is 2.00. The van der Waals surface area contributed by atoms with Crippen LogP contribution < -0.4 is 0 Å². The molecular formula is C9H8N2O2S. The third-order valence-electron chi connectivity index (χ3n) is 1.92. The van der Waals surface area contributed by atoms with E-state index in [-0.39, 0.29) is 0 Å². The van der Waals surface area contributed by atoms with Crippen LogP contribution in [0.5, 0.6) is 0 Å². The van der Waals surface area contributed by atoms with E-state index < -0.39 is 5.97 Å². The number of hydrogen-bond acceptors (Lipinski definition) is 3. The van der Waals surface area contributed by atoms with Gasteiger partial charge in [-0.25, -0.2) is 9.78 Å². The lowest BCUT2D eigenvalue weighted by atomic mass is 10.2. The Morgan fingerprint density at radius 1 is 1.64 bits per heavy atom. The van der Waals surface area contributed by atoms with Gasteiger partial charge in [0.25, 0.3) is 0 Å². The highest BCUT2D eigenvalue weighted by atomic mass is 32.1. The minimum Gasteiger partial charge on any atom is -0.477 e. The van der Waals surface area contributed by atoms with Gasteiger partial charge in [-0.3, -0.25) is 0 Å². The molecule has 0 unspecified atom stereocenters. The first kappa shape index (κ1) is 8.96. The van der Waals surface area contributed by atoms with Crippen LogP contribution in [0.2, 0.25) is 0 Å². The van der Waals surface area contributed by atoms with E-state index in [1.54, 1.807) is 28.4 Å². The summed E-state index contributed by atoms with van der Waals surface area (Å²) in [4.78, 5) is 15.3. The first-order valence-corrected chi connectivity index (χ1v) is 4.86. The van der Waals surface area contributed by atoms with Crippen molar-refractivity contribution in [1.29, 1.82) is 0 Å². The average Bonchev–Trinajstić information content (AvgIpc) is 2.70. The molecular weight excluding hydrogens is 200 g/mol. The van der Waals surface area contributed by atoms with Gasteiger partial charge >= 0.3 is 5.97 Å². The van der Waals surface area contributed by atoms with E-state index in [9.17, 15) is 4.79 Å². The molecule has 0 aromatic carbocycles. The van der Waals surface area contributed by atoms with Gasteiger partial charge in [0.15, 0.2) is 0 Å². The molecule has 1 N–H and O–H groups in total. The molecule has 14 heavy (non-hydrogen) atoms. The number of aryl methyl sites for hydroxylation is 1. The Balaban J connectivity index is 2.57. The average molecular weight is 208 g/mol. The molecule has 0 fully saturated rings. The van der Waals surface area contributed by atoms with Crippen LogP contribution in [0.1, 0.15) is 9.67 Å². The Hall–Kier alpha value is -1.62. The van der Waals surface area contributed by atoms with Gasteiger partial charge in [-0.1, -0.05) is 0 Å². The molecule has 0 bridgehead atoms. The van der Waals surface area contributed by atoms with Gasteiger partial charge in [-0.05, 0) is 11.4 Å². The van der Waals surface area contributed by atoms with Crippen molar-refractivity contribution in [3.05, 3.63) is 28.7 Å². The molecule has 2 aromatic rings. The zero-order valence-corrected chi connectivity index (χ0v) is 8.28. The number of carboxylic acid groups (broad SMARTS) is 1. The SMILES string of the molecule is Cn1ccnc1-c1ccsc1C(=O)O. The molecule has 0 saturated heterocycles. The topological polar surface area (TPSA) is 55.1 Å². The van der Waals surface area contributed by atoms with E-state index in [0.29, 0.717) is 16.3 Å². The third kappa shape index (κ3) is 1.31. The maximum absolute atomic E-state index is 10.9. The molecule has 0 saturated carbocycles. The largest absolute Gasteiger partial charge is 0.477 e. The van der Waals surface area contributed by atoms with Crippen molar-refractivity contribution in [3.8, 4) is 11.4 Å². The molecule has 2 rings (SSSR count). The van der Waals surface area contributed by atoms with Gasteiger partial charge < -0.3 is 9.67 Å². The van der Waals surface area contributed by atoms with Gasteiger partial charge in [0, 0.05) is 25.0 Å². The number of imidazole rings is 1. The lowest BCUT2D eigenvalue weighted by Gasteiger charge is -1.99. The van der Waals surface area contributed by atoms with E-state index in [0.717, 1.165) is 0 Å². The van der Waals surface area contributed by atoms with Crippen LogP contribution in [0, 0.1) is 0 Å². The fourth-order valence-electron chi connectivity index (χ4n) is 1.28. The minimum atomic E-state index is -0.905. The number of carboxylic acids is 1. The van der Waals surface area contributed by atoms with E-state index in [1.807, 2.05) is 7.05 Å². The lowest BCUT2D eigenvalue weighted by Crippen LogP contribution is -1.98. The zero-order valence-electron chi connectivity index (χ0n) is 7.47. The van der Waals surface area contributed by atoms with E-state index in [2.05, 4.69) is 4.98 Å². The quantitative estimate of drug-likeness (QED) is 0.819. The normalized spacial score (nSPS) is 10.4. The highest BCUT2D eigenvalue weighted by Crippen LogP contribution is 2.26. The van der Waals surface area contributed by atoms with Crippen molar-refractivity contribution in [2.45, 2.75) is 0 Å². The van der Waals surface area contributed by atoms with Crippen LogP contribution in [-0.2, 0) is 7.05 Å². The maximum Gasteiger partial charge on any atom is 0.346 e. The summed E-state index contributed by atoms with van der Waals surface area (Å²) >= 11 is 1.21. The molecule has 2 aromatic heterocycles. The molecule has 0 spiro atoms. The minimum absolute atomic E-state index is 0.333. The van der Waals surface area contributed by atoms with E-state index in [4.69, 9.17) is 5.11 Å². The molecule has 5 heteroatoms. The predicted molar refractivity (Wildman–Crippen MR) is 53.5 cm³/mol. The Bertz CT molecular complexity index is 473. The van der Waals surface area contributed by atoms with E-state index in [1.165, 1.54) is 11.3 Å². The van der Waals surface area contributed by atoms with Crippen LogP contribution in [0.4, 0.5) is 0 Å². The van der Waals surface area contributed by atoms with Crippen molar-refractivity contribution < 1.29 is 9.90 Å². The second kappa shape index (κ2) is 3.26. The number of aromatic carboxylic acids is 1. The summed E-state index contributed by atoms with van der Waals surface area (Å²) < 4.78 is 1.80. The number of nitrogens with zero attached hydrogens (tertiary/aromatic N) is 2. The number of rotatable bonds is 2. The predicted octanol–water partition coefficient (Wildman–Crippen LogP) is 1.85. The second-order valence-corrected chi connectivity index (χ2v) is 3.75. The second-order valence-electron chi connectivity index (χ2n) is 2.83. The Kier molecular flexibility index (Phi) is 2.09. The van der Waals surface area contributed by atoms with Crippen molar-refractivity contribution in [1.82, 2.24) is 9.55 Å². The standard InChI is InChI=1S/C9H8N2O2S/c1-11-4-3-10-8(11)6-2-5-14-7(6)9(12)13/h2-5H,1H3,(H,12,13). The van der Waals surface area contributed by atoms with Gasteiger partial charge in [0.2, 0.25) is 0 Å². The van der Waals surface area contributed by atoms with Crippen molar-refractivity contribution >= 4 is 17.3 Å². The first-order valence-electron chi connectivity index (χ1n) is 3.98. The number of hydrogen-bond donors (Lipinski definition) is 1. The number of carbonyl (C=O) groups is 1. The Morgan fingerprint density at radius 3 is 3.00 bits per heavy atom. The molecule has 4 nitrogen and oxygen atoms in total. The van der Waals surface area contributed by atoms with Crippen LogP contribution in [0.25, 0.3) is 11.4 Å². The van der Waals surface area contributed by atoms with Gasteiger partial charge in [0.1, 0.15) is 10.7 Å². The number of aromatic nitrogens is 2. The summed E-state index contributed by atoms with van der Waals surface area (Å²) in [7, 11) is 1.84. The highest BCUT2D eigenvalue weighted by molar-refractivity contribution is 7.12. The van der Waals surface area contributed by atoms with Crippen molar-refractivity contribution in [2.75, 3.05) is 0 Å². The summed E-state index contributed by atoms with van der Waals surface area (Å²) in [5, 5.41) is 10.7. The molecule has 0 aliphatic heterocycles.